The molecule has 0 saturated carbocycles. The molecule has 1 aromatic carbocycles. The molecule has 1 N–H and O–H groups in total. The van der Waals surface area contributed by atoms with Crippen molar-refractivity contribution < 1.29 is 9.84 Å². The van der Waals surface area contributed by atoms with Crippen molar-refractivity contribution in [2.75, 3.05) is 0 Å². The first-order valence-electron chi connectivity index (χ1n) is 6.49. The summed E-state index contributed by atoms with van der Waals surface area (Å²) in [4.78, 5) is 4.22. The first-order chi connectivity index (χ1) is 9.10. The van der Waals surface area contributed by atoms with Gasteiger partial charge in [0.15, 0.2) is 0 Å². The van der Waals surface area contributed by atoms with E-state index in [4.69, 9.17) is 4.74 Å². The first-order valence-corrected chi connectivity index (χ1v) is 6.49. The molecule has 0 fully saturated rings. The number of pyridine rings is 1. The molecular weight excluding hydrogens is 238 g/mol. The number of aryl methyl sites for hydroxylation is 2. The summed E-state index contributed by atoms with van der Waals surface area (Å²) in [5.41, 5.74) is 2.92. The molecule has 1 atom stereocenters. The van der Waals surface area contributed by atoms with Gasteiger partial charge in [0.25, 0.3) is 0 Å². The molecular formula is C16H19NO2. The van der Waals surface area contributed by atoms with Gasteiger partial charge in [-0.15, -0.1) is 0 Å². The summed E-state index contributed by atoms with van der Waals surface area (Å²) in [6, 6.07) is 9.73. The van der Waals surface area contributed by atoms with Crippen LogP contribution in [0.15, 0.2) is 36.5 Å². The van der Waals surface area contributed by atoms with E-state index in [1.165, 1.54) is 0 Å². The van der Waals surface area contributed by atoms with Crippen molar-refractivity contribution in [2.45, 2.75) is 33.3 Å². The smallest absolute Gasteiger partial charge is 0.145 e. The molecule has 0 aliphatic carbocycles. The Morgan fingerprint density at radius 2 is 2.00 bits per heavy atom. The molecule has 0 amide bonds. The Kier molecular flexibility index (Phi) is 4.17. The van der Waals surface area contributed by atoms with E-state index in [0.29, 0.717) is 17.9 Å². The zero-order valence-electron chi connectivity index (χ0n) is 11.6. The van der Waals surface area contributed by atoms with E-state index in [1.807, 2.05) is 39.0 Å². The number of hydrogen-bond donors (Lipinski definition) is 1. The van der Waals surface area contributed by atoms with Crippen LogP contribution in [0.25, 0.3) is 0 Å². The fourth-order valence-electron chi connectivity index (χ4n) is 1.80. The van der Waals surface area contributed by atoms with Crippen LogP contribution in [0.2, 0.25) is 0 Å². The predicted octanol–water partition coefficient (Wildman–Crippen LogP) is 3.93. The quantitative estimate of drug-likeness (QED) is 0.902. The summed E-state index contributed by atoms with van der Waals surface area (Å²) >= 11 is 0. The van der Waals surface area contributed by atoms with E-state index in [2.05, 4.69) is 11.1 Å². The molecule has 1 heterocycles. The van der Waals surface area contributed by atoms with Crippen molar-refractivity contribution in [2.24, 2.45) is 0 Å². The van der Waals surface area contributed by atoms with Crippen LogP contribution in [0, 0.1) is 13.8 Å². The Morgan fingerprint density at radius 1 is 1.21 bits per heavy atom. The second-order valence-corrected chi connectivity index (χ2v) is 4.71. The summed E-state index contributed by atoms with van der Waals surface area (Å²) in [5, 5.41) is 9.69. The van der Waals surface area contributed by atoms with Crippen molar-refractivity contribution in [3.63, 3.8) is 0 Å². The molecule has 0 saturated heterocycles. The van der Waals surface area contributed by atoms with E-state index in [9.17, 15) is 5.11 Å². The van der Waals surface area contributed by atoms with Crippen molar-refractivity contribution in [3.05, 3.63) is 53.3 Å². The topological polar surface area (TPSA) is 42.4 Å². The molecule has 2 aromatic rings. The number of ether oxygens (including phenoxy) is 1. The molecule has 3 nitrogen and oxygen atoms in total. The highest BCUT2D eigenvalue weighted by atomic mass is 16.5. The normalized spacial score (nSPS) is 12.2. The van der Waals surface area contributed by atoms with Crippen molar-refractivity contribution in [1.29, 1.82) is 0 Å². The Labute approximate surface area is 113 Å². The average Bonchev–Trinajstić information content (AvgIpc) is 2.43. The zero-order chi connectivity index (χ0) is 13.8. The van der Waals surface area contributed by atoms with Gasteiger partial charge in [0.1, 0.15) is 11.5 Å². The van der Waals surface area contributed by atoms with Gasteiger partial charge < -0.3 is 9.84 Å². The van der Waals surface area contributed by atoms with Gasteiger partial charge in [0, 0.05) is 0 Å². The number of benzene rings is 1. The summed E-state index contributed by atoms with van der Waals surface area (Å²) in [5.74, 6) is 1.52. The van der Waals surface area contributed by atoms with Gasteiger partial charge in [-0.05, 0) is 49.6 Å². The maximum atomic E-state index is 9.69. The Balaban J connectivity index is 2.17. The lowest BCUT2D eigenvalue weighted by Gasteiger charge is -2.11. The third kappa shape index (κ3) is 3.32. The number of aliphatic hydroxyl groups is 1. The molecule has 100 valence electrons. The lowest BCUT2D eigenvalue weighted by molar-refractivity contribution is 0.169. The van der Waals surface area contributed by atoms with E-state index in [1.54, 1.807) is 12.3 Å². The number of aliphatic hydroxyl groups excluding tert-OH is 1. The van der Waals surface area contributed by atoms with Crippen molar-refractivity contribution in [1.82, 2.24) is 4.98 Å². The van der Waals surface area contributed by atoms with Crippen LogP contribution in [0.3, 0.4) is 0 Å². The second-order valence-electron chi connectivity index (χ2n) is 4.71. The molecule has 0 radical (unpaired) electrons. The summed E-state index contributed by atoms with van der Waals surface area (Å²) in [6.45, 7) is 5.97. The fourth-order valence-corrected chi connectivity index (χ4v) is 1.80. The number of hydrogen-bond acceptors (Lipinski definition) is 3. The van der Waals surface area contributed by atoms with Crippen LogP contribution in [0.5, 0.6) is 11.5 Å². The molecule has 0 aliphatic heterocycles. The van der Waals surface area contributed by atoms with Crippen molar-refractivity contribution in [3.8, 4) is 11.5 Å². The standard InChI is InChI=1S/C16H19NO2/c1-4-15(18)14-8-7-13(10-17-14)19-16-9-11(2)5-6-12(16)3/h5-10,15,18H,4H2,1-3H3/t15-/m0/s1. The molecule has 2 rings (SSSR count). The maximum Gasteiger partial charge on any atom is 0.145 e. The highest BCUT2D eigenvalue weighted by molar-refractivity contribution is 5.39. The highest BCUT2D eigenvalue weighted by Crippen LogP contribution is 2.26. The third-order valence-electron chi connectivity index (χ3n) is 3.06. The molecule has 3 heteroatoms. The molecule has 0 bridgehead atoms. The van der Waals surface area contributed by atoms with Crippen LogP contribution >= 0.6 is 0 Å². The SMILES string of the molecule is CC[C@H](O)c1ccc(Oc2cc(C)ccc2C)cn1. The van der Waals surface area contributed by atoms with Crippen LogP contribution in [-0.2, 0) is 0 Å². The Bertz CT molecular complexity index is 549. The van der Waals surface area contributed by atoms with E-state index < -0.39 is 6.10 Å². The van der Waals surface area contributed by atoms with Gasteiger partial charge >= 0.3 is 0 Å². The summed E-state index contributed by atoms with van der Waals surface area (Å²) in [7, 11) is 0. The van der Waals surface area contributed by atoms with Crippen LogP contribution in [-0.4, -0.2) is 10.1 Å². The molecule has 1 aromatic heterocycles. The molecule has 19 heavy (non-hydrogen) atoms. The lowest BCUT2D eigenvalue weighted by Crippen LogP contribution is -1.98. The monoisotopic (exact) mass is 257 g/mol. The number of nitrogens with zero attached hydrogens (tertiary/aromatic N) is 1. The van der Waals surface area contributed by atoms with E-state index in [0.717, 1.165) is 16.9 Å². The van der Waals surface area contributed by atoms with Crippen LogP contribution in [0.1, 0.15) is 36.3 Å². The number of rotatable bonds is 4. The van der Waals surface area contributed by atoms with Gasteiger partial charge in [0.2, 0.25) is 0 Å². The highest BCUT2D eigenvalue weighted by Gasteiger charge is 2.07. The van der Waals surface area contributed by atoms with Crippen molar-refractivity contribution >= 4 is 0 Å². The van der Waals surface area contributed by atoms with Gasteiger partial charge in [-0.1, -0.05) is 19.1 Å². The minimum Gasteiger partial charge on any atom is -0.455 e. The largest absolute Gasteiger partial charge is 0.455 e. The van der Waals surface area contributed by atoms with Crippen LogP contribution in [0.4, 0.5) is 0 Å². The third-order valence-corrected chi connectivity index (χ3v) is 3.06. The number of aromatic nitrogens is 1. The Morgan fingerprint density at radius 3 is 2.63 bits per heavy atom. The molecule has 0 unspecified atom stereocenters. The van der Waals surface area contributed by atoms with Gasteiger partial charge in [-0.25, -0.2) is 0 Å². The van der Waals surface area contributed by atoms with Gasteiger partial charge in [-0.2, -0.15) is 0 Å². The van der Waals surface area contributed by atoms with Gasteiger partial charge in [-0.3, -0.25) is 4.98 Å². The Hall–Kier alpha value is -1.87. The first kappa shape index (κ1) is 13.6. The molecule has 0 spiro atoms. The van der Waals surface area contributed by atoms with E-state index >= 15 is 0 Å². The maximum absolute atomic E-state index is 9.69. The van der Waals surface area contributed by atoms with E-state index in [-0.39, 0.29) is 0 Å². The second kappa shape index (κ2) is 5.85. The minimum absolute atomic E-state index is 0.505. The molecule has 0 aliphatic rings. The average molecular weight is 257 g/mol. The zero-order valence-corrected chi connectivity index (χ0v) is 11.6. The fraction of sp³-hybridized carbons (Fsp3) is 0.312. The minimum atomic E-state index is -0.505. The predicted molar refractivity (Wildman–Crippen MR) is 75.5 cm³/mol. The van der Waals surface area contributed by atoms with Gasteiger partial charge in [0.05, 0.1) is 18.0 Å². The summed E-state index contributed by atoms with van der Waals surface area (Å²) in [6.07, 6.45) is 1.80. The summed E-state index contributed by atoms with van der Waals surface area (Å²) < 4.78 is 5.81. The lowest BCUT2D eigenvalue weighted by atomic mass is 10.1. The van der Waals surface area contributed by atoms with Crippen LogP contribution < -0.4 is 4.74 Å².